The predicted molar refractivity (Wildman–Crippen MR) is 74.2 cm³/mol. The fraction of sp³-hybridized carbons (Fsp3) is 0.533. The van der Waals surface area contributed by atoms with E-state index in [0.29, 0.717) is 13.1 Å². The van der Waals surface area contributed by atoms with Crippen LogP contribution in [0.5, 0.6) is 0 Å². The molecule has 1 saturated heterocycles. The minimum absolute atomic E-state index is 0.104. The Balaban J connectivity index is 2.21. The number of carbonyl (C=O) groups is 1. The van der Waals surface area contributed by atoms with Crippen molar-refractivity contribution in [2.75, 3.05) is 27.2 Å². The maximum Gasteiger partial charge on any atom is 0.416 e. The molecular formula is C15H19F3N2O. The number of halogens is 3. The van der Waals surface area contributed by atoms with E-state index in [2.05, 4.69) is 0 Å². The van der Waals surface area contributed by atoms with Crippen LogP contribution in [0.25, 0.3) is 0 Å². The van der Waals surface area contributed by atoms with Crippen LogP contribution in [0, 0.1) is 6.92 Å². The largest absolute Gasteiger partial charge is 0.416 e. The molecule has 0 radical (unpaired) electrons. The number of likely N-dealkylation sites (tertiary alicyclic amines) is 1. The van der Waals surface area contributed by atoms with E-state index in [1.54, 1.807) is 4.90 Å². The molecule has 21 heavy (non-hydrogen) atoms. The number of carbonyl (C=O) groups excluding carboxylic acids is 1. The van der Waals surface area contributed by atoms with Crippen LogP contribution in [0.3, 0.4) is 0 Å². The molecule has 1 aliphatic rings. The van der Waals surface area contributed by atoms with Gasteiger partial charge in [0.05, 0.1) is 5.56 Å². The highest BCUT2D eigenvalue weighted by molar-refractivity contribution is 5.94. The second-order valence-electron chi connectivity index (χ2n) is 5.68. The van der Waals surface area contributed by atoms with E-state index in [1.165, 1.54) is 19.1 Å². The van der Waals surface area contributed by atoms with Crippen molar-refractivity contribution in [2.24, 2.45) is 0 Å². The molecule has 1 amide bonds. The minimum Gasteiger partial charge on any atom is -0.337 e. The zero-order valence-electron chi connectivity index (χ0n) is 12.4. The van der Waals surface area contributed by atoms with E-state index in [-0.39, 0.29) is 23.1 Å². The number of amides is 1. The molecular weight excluding hydrogens is 281 g/mol. The van der Waals surface area contributed by atoms with Gasteiger partial charge in [0.15, 0.2) is 0 Å². The molecule has 1 heterocycles. The second kappa shape index (κ2) is 5.67. The van der Waals surface area contributed by atoms with Crippen molar-refractivity contribution in [3.8, 4) is 0 Å². The average molecular weight is 300 g/mol. The number of hydrogen-bond donors (Lipinski definition) is 0. The first kappa shape index (κ1) is 15.8. The van der Waals surface area contributed by atoms with Crippen molar-refractivity contribution in [3.05, 3.63) is 34.9 Å². The lowest BCUT2D eigenvalue weighted by atomic mass is 10.0. The minimum atomic E-state index is -4.43. The SMILES string of the molecule is Cc1ccc(C(=O)N2CCC(N(C)C)C2)cc1C(F)(F)F. The van der Waals surface area contributed by atoms with E-state index < -0.39 is 11.7 Å². The van der Waals surface area contributed by atoms with Gasteiger partial charge in [-0.2, -0.15) is 13.2 Å². The Labute approximate surface area is 122 Å². The number of hydrogen-bond acceptors (Lipinski definition) is 2. The van der Waals surface area contributed by atoms with Gasteiger partial charge in [-0.05, 0) is 45.1 Å². The lowest BCUT2D eigenvalue weighted by Crippen LogP contribution is -2.34. The van der Waals surface area contributed by atoms with Gasteiger partial charge in [0.25, 0.3) is 5.91 Å². The summed E-state index contributed by atoms with van der Waals surface area (Å²) in [5.74, 6) is -0.329. The fourth-order valence-corrected chi connectivity index (χ4v) is 2.59. The standard InChI is InChI=1S/C15H19F3N2O/c1-10-4-5-11(8-13(10)15(16,17)18)14(21)20-7-6-12(9-20)19(2)3/h4-5,8,12H,6-7,9H2,1-3H3. The summed E-state index contributed by atoms with van der Waals surface area (Å²) in [6, 6.07) is 4.05. The summed E-state index contributed by atoms with van der Waals surface area (Å²) in [7, 11) is 3.87. The normalized spacial score (nSPS) is 19.4. The third kappa shape index (κ3) is 3.37. The average Bonchev–Trinajstić information content (AvgIpc) is 2.86. The summed E-state index contributed by atoms with van der Waals surface area (Å²) in [5.41, 5.74) is -0.504. The number of nitrogens with zero attached hydrogens (tertiary/aromatic N) is 2. The van der Waals surface area contributed by atoms with Crippen LogP contribution in [0.2, 0.25) is 0 Å². The van der Waals surface area contributed by atoms with Crippen molar-refractivity contribution < 1.29 is 18.0 Å². The first-order valence-electron chi connectivity index (χ1n) is 6.83. The molecule has 0 saturated carbocycles. The van der Waals surface area contributed by atoms with Crippen LogP contribution in [-0.2, 0) is 6.18 Å². The lowest BCUT2D eigenvalue weighted by molar-refractivity contribution is -0.138. The molecule has 0 spiro atoms. The first-order valence-corrected chi connectivity index (χ1v) is 6.83. The molecule has 0 bridgehead atoms. The molecule has 0 aliphatic carbocycles. The third-order valence-electron chi connectivity index (χ3n) is 3.97. The Morgan fingerprint density at radius 1 is 1.33 bits per heavy atom. The number of likely N-dealkylation sites (N-methyl/N-ethyl adjacent to an activating group) is 1. The summed E-state index contributed by atoms with van der Waals surface area (Å²) in [6.07, 6.45) is -3.59. The Bertz CT molecular complexity index is 540. The summed E-state index contributed by atoms with van der Waals surface area (Å²) in [5, 5.41) is 0. The smallest absolute Gasteiger partial charge is 0.337 e. The van der Waals surface area contributed by atoms with Gasteiger partial charge in [0, 0.05) is 24.7 Å². The zero-order valence-corrected chi connectivity index (χ0v) is 12.4. The van der Waals surface area contributed by atoms with E-state index in [1.807, 2.05) is 19.0 Å². The van der Waals surface area contributed by atoms with Crippen molar-refractivity contribution in [2.45, 2.75) is 25.6 Å². The molecule has 1 aromatic rings. The van der Waals surface area contributed by atoms with Gasteiger partial charge in [-0.25, -0.2) is 0 Å². The highest BCUT2D eigenvalue weighted by atomic mass is 19.4. The van der Waals surface area contributed by atoms with E-state index in [0.717, 1.165) is 12.5 Å². The second-order valence-corrected chi connectivity index (χ2v) is 5.68. The van der Waals surface area contributed by atoms with Gasteiger partial charge in [0.1, 0.15) is 0 Å². The molecule has 0 aromatic heterocycles. The highest BCUT2D eigenvalue weighted by Gasteiger charge is 2.34. The van der Waals surface area contributed by atoms with Gasteiger partial charge in [-0.15, -0.1) is 0 Å². The number of rotatable bonds is 2. The molecule has 1 unspecified atom stereocenters. The van der Waals surface area contributed by atoms with Crippen molar-refractivity contribution in [3.63, 3.8) is 0 Å². The van der Waals surface area contributed by atoms with Crippen LogP contribution in [0.1, 0.15) is 27.9 Å². The quantitative estimate of drug-likeness (QED) is 0.838. The lowest BCUT2D eigenvalue weighted by Gasteiger charge is -2.21. The summed E-state index contributed by atoms with van der Waals surface area (Å²) in [4.78, 5) is 16.0. The van der Waals surface area contributed by atoms with Crippen LogP contribution >= 0.6 is 0 Å². The molecule has 0 N–H and O–H groups in total. The van der Waals surface area contributed by atoms with Gasteiger partial charge in [-0.1, -0.05) is 6.07 Å². The van der Waals surface area contributed by atoms with Gasteiger partial charge in [-0.3, -0.25) is 4.79 Å². The molecule has 1 fully saturated rings. The molecule has 1 aromatic carbocycles. The molecule has 116 valence electrons. The first-order chi connectivity index (χ1) is 9.70. The predicted octanol–water partition coefficient (Wildman–Crippen LogP) is 2.79. The zero-order chi connectivity index (χ0) is 15.8. The summed E-state index contributed by atoms with van der Waals surface area (Å²) in [6.45, 7) is 2.53. The van der Waals surface area contributed by atoms with Crippen LogP contribution in [0.4, 0.5) is 13.2 Å². The van der Waals surface area contributed by atoms with E-state index >= 15 is 0 Å². The maximum absolute atomic E-state index is 12.9. The Kier molecular flexibility index (Phi) is 4.27. The van der Waals surface area contributed by atoms with E-state index in [4.69, 9.17) is 0 Å². The summed E-state index contributed by atoms with van der Waals surface area (Å²) < 4.78 is 38.7. The van der Waals surface area contributed by atoms with E-state index in [9.17, 15) is 18.0 Å². The number of benzene rings is 1. The Morgan fingerprint density at radius 3 is 2.52 bits per heavy atom. The Morgan fingerprint density at radius 2 is 2.00 bits per heavy atom. The molecule has 2 rings (SSSR count). The van der Waals surface area contributed by atoms with Crippen molar-refractivity contribution in [1.82, 2.24) is 9.80 Å². The topological polar surface area (TPSA) is 23.6 Å². The fourth-order valence-electron chi connectivity index (χ4n) is 2.59. The summed E-state index contributed by atoms with van der Waals surface area (Å²) >= 11 is 0. The van der Waals surface area contributed by atoms with Crippen LogP contribution < -0.4 is 0 Å². The Hall–Kier alpha value is -1.56. The maximum atomic E-state index is 12.9. The van der Waals surface area contributed by atoms with Crippen molar-refractivity contribution in [1.29, 1.82) is 0 Å². The highest BCUT2D eigenvalue weighted by Crippen LogP contribution is 2.32. The van der Waals surface area contributed by atoms with Crippen molar-refractivity contribution >= 4 is 5.91 Å². The van der Waals surface area contributed by atoms with Gasteiger partial charge >= 0.3 is 6.18 Å². The molecule has 6 heteroatoms. The number of alkyl halides is 3. The monoisotopic (exact) mass is 300 g/mol. The third-order valence-corrected chi connectivity index (χ3v) is 3.97. The molecule has 3 nitrogen and oxygen atoms in total. The molecule has 1 aliphatic heterocycles. The van der Waals surface area contributed by atoms with Crippen LogP contribution in [0.15, 0.2) is 18.2 Å². The van der Waals surface area contributed by atoms with Gasteiger partial charge in [0.2, 0.25) is 0 Å². The van der Waals surface area contributed by atoms with Gasteiger partial charge < -0.3 is 9.80 Å². The molecule has 1 atom stereocenters. The van der Waals surface area contributed by atoms with Crippen LogP contribution in [-0.4, -0.2) is 48.9 Å². The number of aryl methyl sites for hydroxylation is 1.